The summed E-state index contributed by atoms with van der Waals surface area (Å²) in [6.07, 6.45) is 1.37. The van der Waals surface area contributed by atoms with Gasteiger partial charge in [-0.2, -0.15) is 0 Å². The zero-order valence-electron chi connectivity index (χ0n) is 8.89. The van der Waals surface area contributed by atoms with Gasteiger partial charge in [0.25, 0.3) is 0 Å². The summed E-state index contributed by atoms with van der Waals surface area (Å²) < 4.78 is 0. The summed E-state index contributed by atoms with van der Waals surface area (Å²) >= 11 is 0. The molecule has 0 heterocycles. The average Bonchev–Trinajstić information content (AvgIpc) is 2.19. The standard InChI is InChI=1S/C12H15NO3/c14-10-3-1-8(2-4-10)5-12(16)13-9-6-11(15)7-9/h1-4,9,11,14-15H,5-7H2,(H,13,16). The Bertz CT molecular complexity index is 368. The number of carbonyl (C=O) groups excluding carboxylic acids is 1. The quantitative estimate of drug-likeness (QED) is 0.699. The van der Waals surface area contributed by atoms with E-state index in [-0.39, 0.29) is 23.8 Å². The third-order valence-corrected chi connectivity index (χ3v) is 2.78. The number of hydrogen-bond donors (Lipinski definition) is 3. The van der Waals surface area contributed by atoms with Gasteiger partial charge in [0, 0.05) is 6.04 Å². The number of benzene rings is 1. The third-order valence-electron chi connectivity index (χ3n) is 2.78. The van der Waals surface area contributed by atoms with E-state index >= 15 is 0 Å². The highest BCUT2D eigenvalue weighted by atomic mass is 16.3. The second-order valence-corrected chi connectivity index (χ2v) is 4.23. The van der Waals surface area contributed by atoms with Crippen molar-refractivity contribution in [2.24, 2.45) is 0 Å². The van der Waals surface area contributed by atoms with E-state index in [1.807, 2.05) is 0 Å². The monoisotopic (exact) mass is 221 g/mol. The van der Waals surface area contributed by atoms with Crippen LogP contribution in [0.25, 0.3) is 0 Å². The van der Waals surface area contributed by atoms with E-state index in [0.717, 1.165) is 5.56 Å². The molecule has 4 heteroatoms. The number of aromatic hydroxyl groups is 1. The van der Waals surface area contributed by atoms with Gasteiger partial charge in [-0.15, -0.1) is 0 Å². The van der Waals surface area contributed by atoms with Crippen LogP contribution < -0.4 is 5.32 Å². The highest BCUT2D eigenvalue weighted by Crippen LogP contribution is 2.19. The molecule has 86 valence electrons. The lowest BCUT2D eigenvalue weighted by molar-refractivity contribution is -0.122. The SMILES string of the molecule is O=C(Cc1ccc(O)cc1)NC1CC(O)C1. The van der Waals surface area contributed by atoms with Crippen molar-refractivity contribution in [3.8, 4) is 5.75 Å². The van der Waals surface area contributed by atoms with Crippen LogP contribution in [-0.4, -0.2) is 28.3 Å². The van der Waals surface area contributed by atoms with Crippen LogP contribution >= 0.6 is 0 Å². The Morgan fingerprint density at radius 2 is 1.94 bits per heavy atom. The third kappa shape index (κ3) is 2.73. The second kappa shape index (κ2) is 4.53. The van der Waals surface area contributed by atoms with Gasteiger partial charge in [0.2, 0.25) is 5.91 Å². The number of carbonyl (C=O) groups is 1. The van der Waals surface area contributed by atoms with E-state index in [9.17, 15) is 4.79 Å². The predicted molar refractivity (Wildman–Crippen MR) is 59.0 cm³/mol. The number of aliphatic hydroxyl groups is 1. The molecule has 0 spiro atoms. The molecule has 0 atom stereocenters. The van der Waals surface area contributed by atoms with Gasteiger partial charge in [-0.25, -0.2) is 0 Å². The van der Waals surface area contributed by atoms with Crippen molar-refractivity contribution < 1.29 is 15.0 Å². The maximum absolute atomic E-state index is 11.6. The molecule has 0 bridgehead atoms. The fourth-order valence-electron chi connectivity index (χ4n) is 1.78. The van der Waals surface area contributed by atoms with Gasteiger partial charge in [0.15, 0.2) is 0 Å². The molecule has 1 fully saturated rings. The Balaban J connectivity index is 1.80. The summed E-state index contributed by atoms with van der Waals surface area (Å²) in [6, 6.07) is 6.71. The molecule has 0 saturated heterocycles. The molecule has 0 aromatic heterocycles. The Morgan fingerprint density at radius 1 is 1.31 bits per heavy atom. The zero-order valence-corrected chi connectivity index (χ0v) is 8.89. The minimum atomic E-state index is -0.251. The molecule has 1 saturated carbocycles. The smallest absolute Gasteiger partial charge is 0.224 e. The Labute approximate surface area is 93.9 Å². The average molecular weight is 221 g/mol. The first-order valence-corrected chi connectivity index (χ1v) is 5.39. The molecule has 4 nitrogen and oxygen atoms in total. The first kappa shape index (κ1) is 11.0. The maximum atomic E-state index is 11.6. The van der Waals surface area contributed by atoms with E-state index < -0.39 is 0 Å². The van der Waals surface area contributed by atoms with Gasteiger partial charge in [-0.1, -0.05) is 12.1 Å². The van der Waals surface area contributed by atoms with E-state index in [0.29, 0.717) is 19.3 Å². The number of rotatable bonds is 3. The summed E-state index contributed by atoms with van der Waals surface area (Å²) in [7, 11) is 0. The van der Waals surface area contributed by atoms with Gasteiger partial charge in [0.05, 0.1) is 12.5 Å². The van der Waals surface area contributed by atoms with Gasteiger partial charge < -0.3 is 15.5 Å². The first-order chi connectivity index (χ1) is 7.63. The second-order valence-electron chi connectivity index (χ2n) is 4.23. The number of phenolic OH excluding ortho intramolecular Hbond substituents is 1. The highest BCUT2D eigenvalue weighted by molar-refractivity contribution is 5.79. The minimum absolute atomic E-state index is 0.0393. The Kier molecular flexibility index (Phi) is 3.10. The van der Waals surface area contributed by atoms with Crippen LogP contribution in [0, 0.1) is 0 Å². The summed E-state index contributed by atoms with van der Waals surface area (Å²) in [4.78, 5) is 11.6. The van der Waals surface area contributed by atoms with E-state index in [1.54, 1.807) is 24.3 Å². The van der Waals surface area contributed by atoms with E-state index in [4.69, 9.17) is 10.2 Å². The van der Waals surface area contributed by atoms with Crippen molar-refractivity contribution in [1.29, 1.82) is 0 Å². The van der Waals surface area contributed by atoms with Crippen LogP contribution in [0.5, 0.6) is 5.75 Å². The molecular formula is C12H15NO3. The van der Waals surface area contributed by atoms with Crippen molar-refractivity contribution in [3.63, 3.8) is 0 Å². The molecule has 2 rings (SSSR count). The Hall–Kier alpha value is -1.55. The normalized spacial score (nSPS) is 23.6. The molecule has 16 heavy (non-hydrogen) atoms. The highest BCUT2D eigenvalue weighted by Gasteiger charge is 2.28. The van der Waals surface area contributed by atoms with Crippen LogP contribution in [-0.2, 0) is 11.2 Å². The largest absolute Gasteiger partial charge is 0.508 e. The number of phenols is 1. The summed E-state index contributed by atoms with van der Waals surface area (Å²) in [5, 5.41) is 21.0. The van der Waals surface area contributed by atoms with Gasteiger partial charge in [-0.3, -0.25) is 4.79 Å². The molecule has 0 radical (unpaired) electrons. The molecule has 0 unspecified atom stereocenters. The van der Waals surface area contributed by atoms with Gasteiger partial charge >= 0.3 is 0 Å². The maximum Gasteiger partial charge on any atom is 0.224 e. The van der Waals surface area contributed by atoms with Crippen LogP contribution in [0.15, 0.2) is 24.3 Å². The topological polar surface area (TPSA) is 69.6 Å². The summed E-state index contributed by atoms with van der Waals surface area (Å²) in [6.45, 7) is 0. The molecular weight excluding hydrogens is 206 g/mol. The van der Waals surface area contributed by atoms with Crippen LogP contribution in [0.2, 0.25) is 0 Å². The van der Waals surface area contributed by atoms with Crippen LogP contribution in [0.1, 0.15) is 18.4 Å². The van der Waals surface area contributed by atoms with Crippen molar-refractivity contribution in [3.05, 3.63) is 29.8 Å². The van der Waals surface area contributed by atoms with Crippen molar-refractivity contribution in [2.45, 2.75) is 31.4 Å². The predicted octanol–water partition coefficient (Wildman–Crippen LogP) is 0.574. The molecule has 1 amide bonds. The van der Waals surface area contributed by atoms with Crippen molar-refractivity contribution in [1.82, 2.24) is 5.32 Å². The molecule has 0 aliphatic heterocycles. The number of nitrogens with one attached hydrogen (secondary N) is 1. The fourth-order valence-corrected chi connectivity index (χ4v) is 1.78. The fraction of sp³-hybridized carbons (Fsp3) is 0.417. The lowest BCUT2D eigenvalue weighted by Crippen LogP contribution is -2.47. The molecule has 3 N–H and O–H groups in total. The molecule has 1 aliphatic rings. The molecule has 1 aromatic carbocycles. The number of amides is 1. The summed E-state index contributed by atoms with van der Waals surface area (Å²) in [5.41, 5.74) is 0.871. The zero-order chi connectivity index (χ0) is 11.5. The van der Waals surface area contributed by atoms with Gasteiger partial charge in [-0.05, 0) is 30.5 Å². The number of aliphatic hydroxyl groups excluding tert-OH is 1. The summed E-state index contributed by atoms with van der Waals surface area (Å²) in [5.74, 6) is 0.161. The minimum Gasteiger partial charge on any atom is -0.508 e. The van der Waals surface area contributed by atoms with E-state index in [1.165, 1.54) is 0 Å². The lowest BCUT2D eigenvalue weighted by atomic mass is 9.89. The van der Waals surface area contributed by atoms with Gasteiger partial charge in [0.1, 0.15) is 5.75 Å². The Morgan fingerprint density at radius 3 is 2.50 bits per heavy atom. The molecule has 1 aliphatic carbocycles. The van der Waals surface area contributed by atoms with Crippen LogP contribution in [0.4, 0.5) is 0 Å². The van der Waals surface area contributed by atoms with Crippen molar-refractivity contribution in [2.75, 3.05) is 0 Å². The first-order valence-electron chi connectivity index (χ1n) is 5.39. The van der Waals surface area contributed by atoms with E-state index in [2.05, 4.69) is 5.32 Å². The van der Waals surface area contributed by atoms with Crippen LogP contribution in [0.3, 0.4) is 0 Å². The van der Waals surface area contributed by atoms with Crippen molar-refractivity contribution >= 4 is 5.91 Å². The number of hydrogen-bond acceptors (Lipinski definition) is 3. The lowest BCUT2D eigenvalue weighted by Gasteiger charge is -2.31. The molecule has 1 aromatic rings.